The minimum Gasteiger partial charge on any atom is -0.341 e. The van der Waals surface area contributed by atoms with Gasteiger partial charge in [-0.05, 0) is 46.6 Å². The van der Waals surface area contributed by atoms with Gasteiger partial charge in [0, 0.05) is 24.9 Å². The summed E-state index contributed by atoms with van der Waals surface area (Å²) in [6.45, 7) is 0.818. The third-order valence-corrected chi connectivity index (χ3v) is 5.71. The molecule has 0 fully saturated rings. The van der Waals surface area contributed by atoms with E-state index in [4.69, 9.17) is 0 Å². The Morgan fingerprint density at radius 1 is 1.12 bits per heavy atom. The summed E-state index contributed by atoms with van der Waals surface area (Å²) in [6, 6.07) is 10.8. The van der Waals surface area contributed by atoms with E-state index in [9.17, 15) is 14.4 Å². The van der Waals surface area contributed by atoms with Gasteiger partial charge in [-0.25, -0.2) is 0 Å². The van der Waals surface area contributed by atoms with E-state index in [1.54, 1.807) is 47.5 Å². The van der Waals surface area contributed by atoms with Crippen LogP contribution in [0.4, 0.5) is 0 Å². The fourth-order valence-electron chi connectivity index (χ4n) is 2.78. The lowest BCUT2D eigenvalue weighted by atomic mass is 10.1. The molecule has 1 aromatic heterocycles. The Hall–Kier alpha value is -1.99. The number of amides is 3. The average Bonchev–Trinajstić information content (AvgIpc) is 3.11. The molecule has 0 radical (unpaired) electrons. The number of fused-ring (bicyclic) bond motifs is 1. The van der Waals surface area contributed by atoms with Gasteiger partial charge in [0.1, 0.15) is 0 Å². The zero-order valence-electron chi connectivity index (χ0n) is 13.7. The Balaban J connectivity index is 1.50. The number of halogens is 1. The smallest absolute Gasteiger partial charge is 0.261 e. The maximum absolute atomic E-state index is 12.3. The van der Waals surface area contributed by atoms with Crippen LogP contribution in [0.3, 0.4) is 0 Å². The van der Waals surface area contributed by atoms with Crippen molar-refractivity contribution in [1.82, 2.24) is 9.80 Å². The molecule has 0 unspecified atom stereocenters. The Kier molecular flexibility index (Phi) is 5.34. The Morgan fingerprint density at radius 3 is 2.32 bits per heavy atom. The number of carbonyl (C=O) groups is 3. The van der Waals surface area contributed by atoms with Crippen molar-refractivity contribution in [3.8, 4) is 0 Å². The molecule has 3 amide bonds. The van der Waals surface area contributed by atoms with Crippen molar-refractivity contribution in [2.24, 2.45) is 0 Å². The van der Waals surface area contributed by atoms with Gasteiger partial charge in [0.05, 0.1) is 21.5 Å². The molecular weight excluding hydrogens is 404 g/mol. The first-order valence-corrected chi connectivity index (χ1v) is 9.51. The van der Waals surface area contributed by atoms with Crippen LogP contribution in [0.15, 0.2) is 40.2 Å². The van der Waals surface area contributed by atoms with E-state index in [0.29, 0.717) is 30.5 Å². The van der Waals surface area contributed by atoms with E-state index in [0.717, 1.165) is 8.66 Å². The van der Waals surface area contributed by atoms with Gasteiger partial charge < -0.3 is 4.90 Å². The van der Waals surface area contributed by atoms with E-state index in [2.05, 4.69) is 15.9 Å². The molecule has 0 atom stereocenters. The molecule has 5 nitrogen and oxygen atoms in total. The molecule has 1 aromatic carbocycles. The molecule has 0 bridgehead atoms. The SMILES string of the molecule is CN(Cc1ccc(Br)s1)C(=O)CCCN1C(=O)c2ccccc2C1=O. The molecule has 0 spiro atoms. The molecule has 1 aliphatic heterocycles. The predicted molar refractivity (Wildman–Crippen MR) is 99.5 cm³/mol. The average molecular weight is 421 g/mol. The van der Waals surface area contributed by atoms with Gasteiger partial charge in [0.25, 0.3) is 11.8 Å². The summed E-state index contributed by atoms with van der Waals surface area (Å²) in [4.78, 5) is 40.8. The molecule has 7 heteroatoms. The highest BCUT2D eigenvalue weighted by Crippen LogP contribution is 2.24. The molecule has 0 aliphatic carbocycles. The lowest BCUT2D eigenvalue weighted by Crippen LogP contribution is -2.32. The number of hydrogen-bond acceptors (Lipinski definition) is 4. The lowest BCUT2D eigenvalue weighted by Gasteiger charge is -2.18. The molecule has 0 saturated carbocycles. The monoisotopic (exact) mass is 420 g/mol. The lowest BCUT2D eigenvalue weighted by molar-refractivity contribution is -0.130. The number of benzene rings is 1. The molecular formula is C18H17BrN2O3S. The van der Waals surface area contributed by atoms with Crippen molar-refractivity contribution in [2.45, 2.75) is 19.4 Å². The summed E-state index contributed by atoms with van der Waals surface area (Å²) in [5.74, 6) is -0.546. The quantitative estimate of drug-likeness (QED) is 0.671. The molecule has 25 heavy (non-hydrogen) atoms. The van der Waals surface area contributed by atoms with Crippen LogP contribution in [0.1, 0.15) is 38.4 Å². The molecule has 2 aromatic rings. The van der Waals surface area contributed by atoms with Gasteiger partial charge in [-0.3, -0.25) is 19.3 Å². The van der Waals surface area contributed by atoms with Crippen LogP contribution in [0.5, 0.6) is 0 Å². The number of carbonyl (C=O) groups excluding carboxylic acids is 3. The minimum absolute atomic E-state index is 0.00105. The highest BCUT2D eigenvalue weighted by Gasteiger charge is 2.34. The number of nitrogens with zero attached hydrogens (tertiary/aromatic N) is 2. The molecule has 2 heterocycles. The summed E-state index contributed by atoms with van der Waals surface area (Å²) in [6.07, 6.45) is 0.763. The third kappa shape index (κ3) is 3.82. The second-order valence-corrected chi connectivity index (χ2v) is 8.41. The minimum atomic E-state index is -0.273. The summed E-state index contributed by atoms with van der Waals surface area (Å²) in [5, 5.41) is 0. The molecule has 0 saturated heterocycles. The van der Waals surface area contributed by atoms with Crippen molar-refractivity contribution in [3.63, 3.8) is 0 Å². The van der Waals surface area contributed by atoms with Crippen LogP contribution in [-0.4, -0.2) is 41.1 Å². The first-order chi connectivity index (χ1) is 12.0. The predicted octanol–water partition coefficient (Wildman–Crippen LogP) is 3.55. The van der Waals surface area contributed by atoms with E-state index in [1.807, 2.05) is 12.1 Å². The second-order valence-electron chi connectivity index (χ2n) is 5.87. The topological polar surface area (TPSA) is 57.7 Å². The van der Waals surface area contributed by atoms with Gasteiger partial charge in [0.15, 0.2) is 0 Å². The van der Waals surface area contributed by atoms with Crippen LogP contribution in [0.25, 0.3) is 0 Å². The fourth-order valence-corrected chi connectivity index (χ4v) is 4.32. The summed E-state index contributed by atoms with van der Waals surface area (Å²) < 4.78 is 1.04. The van der Waals surface area contributed by atoms with Crippen molar-refractivity contribution >= 4 is 45.0 Å². The van der Waals surface area contributed by atoms with Gasteiger partial charge >= 0.3 is 0 Å². The first kappa shape index (κ1) is 17.8. The number of imide groups is 1. The highest BCUT2D eigenvalue weighted by atomic mass is 79.9. The zero-order chi connectivity index (χ0) is 18.0. The van der Waals surface area contributed by atoms with E-state index in [-0.39, 0.29) is 24.3 Å². The van der Waals surface area contributed by atoms with E-state index in [1.165, 1.54) is 4.90 Å². The van der Waals surface area contributed by atoms with Crippen LogP contribution in [0.2, 0.25) is 0 Å². The Labute approximate surface area is 158 Å². The van der Waals surface area contributed by atoms with Crippen LogP contribution < -0.4 is 0 Å². The third-order valence-electron chi connectivity index (χ3n) is 4.10. The van der Waals surface area contributed by atoms with Crippen LogP contribution in [0, 0.1) is 0 Å². The van der Waals surface area contributed by atoms with Crippen molar-refractivity contribution < 1.29 is 14.4 Å². The summed E-state index contributed by atoms with van der Waals surface area (Å²) >= 11 is 5.00. The van der Waals surface area contributed by atoms with Crippen LogP contribution >= 0.6 is 27.3 Å². The van der Waals surface area contributed by atoms with Gasteiger partial charge in [-0.2, -0.15) is 0 Å². The standard InChI is InChI=1S/C18H17BrN2O3S/c1-20(11-12-8-9-15(19)25-12)16(22)7-4-10-21-17(23)13-5-2-3-6-14(13)18(21)24/h2-3,5-6,8-9H,4,7,10-11H2,1H3. The zero-order valence-corrected chi connectivity index (χ0v) is 16.1. The van der Waals surface area contributed by atoms with Gasteiger partial charge in [-0.1, -0.05) is 12.1 Å². The first-order valence-electron chi connectivity index (χ1n) is 7.91. The number of thiophene rings is 1. The second kappa shape index (κ2) is 7.49. The number of rotatable bonds is 6. The summed E-state index contributed by atoms with van der Waals surface area (Å²) in [7, 11) is 1.76. The molecule has 0 N–H and O–H groups in total. The van der Waals surface area contributed by atoms with Crippen molar-refractivity contribution in [3.05, 3.63) is 56.2 Å². The maximum atomic E-state index is 12.3. The number of hydrogen-bond donors (Lipinski definition) is 0. The van der Waals surface area contributed by atoms with E-state index >= 15 is 0 Å². The van der Waals surface area contributed by atoms with Crippen LogP contribution in [-0.2, 0) is 11.3 Å². The van der Waals surface area contributed by atoms with Gasteiger partial charge in [-0.15, -0.1) is 11.3 Å². The molecule has 3 rings (SSSR count). The summed E-state index contributed by atoms with van der Waals surface area (Å²) in [5.41, 5.74) is 0.887. The molecule has 1 aliphatic rings. The Morgan fingerprint density at radius 2 is 1.76 bits per heavy atom. The maximum Gasteiger partial charge on any atom is 0.261 e. The van der Waals surface area contributed by atoms with Gasteiger partial charge in [0.2, 0.25) is 5.91 Å². The van der Waals surface area contributed by atoms with Crippen molar-refractivity contribution in [2.75, 3.05) is 13.6 Å². The Bertz CT molecular complexity index is 798. The highest BCUT2D eigenvalue weighted by molar-refractivity contribution is 9.11. The normalized spacial score (nSPS) is 13.3. The fraction of sp³-hybridized carbons (Fsp3) is 0.278. The van der Waals surface area contributed by atoms with Crippen molar-refractivity contribution in [1.29, 1.82) is 0 Å². The van der Waals surface area contributed by atoms with E-state index < -0.39 is 0 Å². The molecule has 130 valence electrons. The largest absolute Gasteiger partial charge is 0.341 e.